The molecule has 0 unspecified atom stereocenters. The lowest BCUT2D eigenvalue weighted by atomic mass is 9.91. The minimum atomic E-state index is 0.884. The van der Waals surface area contributed by atoms with Gasteiger partial charge in [0.05, 0.1) is 5.69 Å². The normalized spacial score (nSPS) is 11.5. The molecule has 2 heteroatoms. The maximum atomic E-state index is 6.57. The molecule has 13 aromatic rings. The molecular formula is C66H43NO. The maximum Gasteiger partial charge on any atom is 0.143 e. The molecule has 0 fully saturated rings. The highest BCUT2D eigenvalue weighted by atomic mass is 16.3. The van der Waals surface area contributed by atoms with E-state index in [4.69, 9.17) is 4.42 Å². The Kier molecular flexibility index (Phi) is 9.54. The van der Waals surface area contributed by atoms with Gasteiger partial charge in [0.15, 0.2) is 0 Å². The molecule has 0 spiro atoms. The molecule has 0 aliphatic carbocycles. The molecule has 0 bridgehead atoms. The van der Waals surface area contributed by atoms with Crippen LogP contribution in [0, 0.1) is 0 Å². The van der Waals surface area contributed by atoms with E-state index < -0.39 is 0 Å². The summed E-state index contributed by atoms with van der Waals surface area (Å²) < 4.78 is 6.57. The van der Waals surface area contributed by atoms with Crippen LogP contribution >= 0.6 is 0 Å². The van der Waals surface area contributed by atoms with Crippen LogP contribution in [0.5, 0.6) is 0 Å². The van der Waals surface area contributed by atoms with Crippen molar-refractivity contribution < 1.29 is 4.42 Å². The summed E-state index contributed by atoms with van der Waals surface area (Å²) in [5, 5.41) is 9.56. The van der Waals surface area contributed by atoms with Crippen molar-refractivity contribution in [2.75, 3.05) is 4.90 Å². The van der Waals surface area contributed by atoms with E-state index in [1.807, 2.05) is 0 Å². The van der Waals surface area contributed by atoms with E-state index in [1.54, 1.807) is 0 Å². The van der Waals surface area contributed by atoms with Crippen LogP contribution < -0.4 is 4.90 Å². The lowest BCUT2D eigenvalue weighted by molar-refractivity contribution is 0.672. The van der Waals surface area contributed by atoms with E-state index in [2.05, 4.69) is 266 Å². The predicted molar refractivity (Wildman–Crippen MR) is 288 cm³/mol. The van der Waals surface area contributed by atoms with Gasteiger partial charge in [0.1, 0.15) is 11.2 Å². The first-order valence-corrected chi connectivity index (χ1v) is 23.3. The number of nitrogens with zero attached hydrogens (tertiary/aromatic N) is 1. The molecule has 0 N–H and O–H groups in total. The van der Waals surface area contributed by atoms with E-state index in [9.17, 15) is 0 Å². The standard InChI is InChI=1S/C66H43NO/c1-3-14-45(15-4-1)56-38-32-50(42-62(56)46-16-5-2-6-17-46)44-26-34-52(35-27-44)67(53-36-28-49(29-37-53)55-23-13-24-59-54-20-9-7-18-47(54)30-39-60(55)59)64-25-12-11-21-57(64)51-33-41-65-63(43-51)61-40-31-48-19-8-10-22-58(48)66(61)68-65/h1-43H. The Labute approximate surface area is 395 Å². The van der Waals surface area contributed by atoms with Gasteiger partial charge in [-0.25, -0.2) is 0 Å². The van der Waals surface area contributed by atoms with Gasteiger partial charge >= 0.3 is 0 Å². The van der Waals surface area contributed by atoms with Gasteiger partial charge in [0.25, 0.3) is 0 Å². The third-order valence-electron chi connectivity index (χ3n) is 13.7. The molecule has 13 rings (SSSR count). The first-order valence-electron chi connectivity index (χ1n) is 23.3. The maximum absolute atomic E-state index is 6.57. The molecule has 0 saturated carbocycles. The van der Waals surface area contributed by atoms with Crippen molar-refractivity contribution in [2.45, 2.75) is 0 Å². The minimum Gasteiger partial charge on any atom is -0.455 e. The summed E-state index contributed by atoms with van der Waals surface area (Å²) in [6.07, 6.45) is 0. The fourth-order valence-electron chi connectivity index (χ4n) is 10.3. The van der Waals surface area contributed by atoms with Crippen molar-refractivity contribution in [3.63, 3.8) is 0 Å². The zero-order chi connectivity index (χ0) is 45.0. The first kappa shape index (κ1) is 39.4. The zero-order valence-corrected chi connectivity index (χ0v) is 37.2. The number of para-hydroxylation sites is 1. The van der Waals surface area contributed by atoms with Gasteiger partial charge in [-0.3, -0.25) is 0 Å². The van der Waals surface area contributed by atoms with Gasteiger partial charge in [-0.15, -0.1) is 0 Å². The van der Waals surface area contributed by atoms with Gasteiger partial charge in [-0.2, -0.15) is 0 Å². The summed E-state index contributed by atoms with van der Waals surface area (Å²) in [6.45, 7) is 0. The highest BCUT2D eigenvalue weighted by Crippen LogP contribution is 2.45. The van der Waals surface area contributed by atoms with Crippen LogP contribution in [0.15, 0.2) is 265 Å². The molecule has 0 saturated heterocycles. The second-order valence-electron chi connectivity index (χ2n) is 17.6. The quantitative estimate of drug-likeness (QED) is 0.142. The topological polar surface area (TPSA) is 16.4 Å². The van der Waals surface area contributed by atoms with Crippen LogP contribution in [0.4, 0.5) is 17.1 Å². The van der Waals surface area contributed by atoms with E-state index in [1.165, 1.54) is 65.9 Å². The monoisotopic (exact) mass is 865 g/mol. The fraction of sp³-hybridized carbons (Fsp3) is 0. The average Bonchev–Trinajstić information content (AvgIpc) is 3.80. The van der Waals surface area contributed by atoms with Crippen LogP contribution in [-0.2, 0) is 0 Å². The number of hydrogen-bond donors (Lipinski definition) is 0. The molecule has 0 aliphatic rings. The summed E-state index contributed by atoms with van der Waals surface area (Å²) in [5.41, 5.74) is 16.8. The van der Waals surface area contributed by atoms with Gasteiger partial charge in [-0.05, 0) is 132 Å². The Morgan fingerprint density at radius 1 is 0.250 bits per heavy atom. The van der Waals surface area contributed by atoms with Crippen molar-refractivity contribution in [3.05, 3.63) is 261 Å². The number of anilines is 3. The Morgan fingerprint density at radius 3 is 1.54 bits per heavy atom. The van der Waals surface area contributed by atoms with Crippen molar-refractivity contribution in [1.29, 1.82) is 0 Å². The molecule has 12 aromatic carbocycles. The molecule has 318 valence electrons. The van der Waals surface area contributed by atoms with E-state index in [0.717, 1.165) is 61.1 Å². The first-order chi connectivity index (χ1) is 33.7. The molecule has 0 amide bonds. The molecular weight excluding hydrogens is 823 g/mol. The lowest BCUT2D eigenvalue weighted by Gasteiger charge is -2.28. The molecule has 1 aromatic heterocycles. The van der Waals surface area contributed by atoms with E-state index in [0.29, 0.717) is 0 Å². The Balaban J connectivity index is 0.940. The highest BCUT2D eigenvalue weighted by molar-refractivity contribution is 6.16. The summed E-state index contributed by atoms with van der Waals surface area (Å²) in [6, 6.07) is 94.5. The molecule has 0 aliphatic heterocycles. The lowest BCUT2D eigenvalue weighted by Crippen LogP contribution is -2.11. The fourth-order valence-corrected chi connectivity index (χ4v) is 10.3. The van der Waals surface area contributed by atoms with Gasteiger partial charge in [0.2, 0.25) is 0 Å². The molecule has 2 nitrogen and oxygen atoms in total. The van der Waals surface area contributed by atoms with Crippen LogP contribution in [0.25, 0.3) is 110 Å². The molecule has 0 radical (unpaired) electrons. The average molecular weight is 866 g/mol. The van der Waals surface area contributed by atoms with Crippen molar-refractivity contribution in [2.24, 2.45) is 0 Å². The minimum absolute atomic E-state index is 0.884. The number of rotatable bonds is 8. The Morgan fingerprint density at radius 2 is 0.794 bits per heavy atom. The third-order valence-corrected chi connectivity index (χ3v) is 13.7. The molecule has 1 heterocycles. The number of fused-ring (bicyclic) bond motifs is 8. The molecule has 68 heavy (non-hydrogen) atoms. The Hall–Kier alpha value is -8.98. The highest BCUT2D eigenvalue weighted by Gasteiger charge is 2.20. The van der Waals surface area contributed by atoms with E-state index >= 15 is 0 Å². The molecule has 0 atom stereocenters. The number of furan rings is 1. The Bertz CT molecular complexity index is 4000. The van der Waals surface area contributed by atoms with E-state index in [-0.39, 0.29) is 0 Å². The van der Waals surface area contributed by atoms with Gasteiger partial charge < -0.3 is 9.32 Å². The predicted octanol–water partition coefficient (Wildman–Crippen LogP) is 18.9. The number of benzene rings is 12. The second-order valence-corrected chi connectivity index (χ2v) is 17.6. The summed E-state index contributed by atoms with van der Waals surface area (Å²) in [7, 11) is 0. The zero-order valence-electron chi connectivity index (χ0n) is 37.2. The summed E-state index contributed by atoms with van der Waals surface area (Å²) in [4.78, 5) is 2.40. The smallest absolute Gasteiger partial charge is 0.143 e. The van der Waals surface area contributed by atoms with Crippen LogP contribution in [-0.4, -0.2) is 0 Å². The summed E-state index contributed by atoms with van der Waals surface area (Å²) in [5.74, 6) is 0. The second kappa shape index (κ2) is 16.5. The van der Waals surface area contributed by atoms with Crippen molar-refractivity contribution >= 4 is 71.3 Å². The van der Waals surface area contributed by atoms with Crippen molar-refractivity contribution in [1.82, 2.24) is 0 Å². The van der Waals surface area contributed by atoms with Crippen molar-refractivity contribution in [3.8, 4) is 55.6 Å². The third kappa shape index (κ3) is 6.82. The van der Waals surface area contributed by atoms with Gasteiger partial charge in [0, 0.05) is 33.1 Å². The van der Waals surface area contributed by atoms with Crippen LogP contribution in [0.1, 0.15) is 0 Å². The SMILES string of the molecule is c1ccc(-c2ccc(-c3ccc(N(c4ccc(-c5cccc6c5ccc5ccccc56)cc4)c4ccccc4-c4ccc5oc6c7ccccc7ccc6c5c4)cc3)cc2-c2ccccc2)cc1. The number of hydrogen-bond acceptors (Lipinski definition) is 2. The van der Waals surface area contributed by atoms with Crippen LogP contribution in [0.3, 0.4) is 0 Å². The summed E-state index contributed by atoms with van der Waals surface area (Å²) >= 11 is 0. The van der Waals surface area contributed by atoms with Gasteiger partial charge in [-0.1, -0.05) is 206 Å². The van der Waals surface area contributed by atoms with Crippen LogP contribution in [0.2, 0.25) is 0 Å². The largest absolute Gasteiger partial charge is 0.455 e.